The molecule has 0 unspecified atom stereocenters. The minimum Gasteiger partial charge on any atom is -0.315 e. The molecule has 0 aliphatic heterocycles. The van der Waals surface area contributed by atoms with Crippen molar-refractivity contribution in [1.82, 2.24) is 5.32 Å². The number of rotatable bonds is 9. The number of carbonyl (C=O) groups excluding carboxylic acids is 1. The van der Waals surface area contributed by atoms with E-state index >= 15 is 0 Å². The standard InChI is InChI=1S/C12H25NOS/c1-11(2)13-10-8-6-4-5-7-9-12(14)15-3/h11,13H,4-10H2,1-3H3. The topological polar surface area (TPSA) is 29.1 Å². The molecule has 0 aromatic rings. The van der Waals surface area contributed by atoms with E-state index in [9.17, 15) is 4.79 Å². The lowest BCUT2D eigenvalue weighted by atomic mass is 10.1. The third-order valence-electron chi connectivity index (χ3n) is 2.34. The van der Waals surface area contributed by atoms with Crippen molar-refractivity contribution in [2.75, 3.05) is 12.8 Å². The highest BCUT2D eigenvalue weighted by Gasteiger charge is 1.98. The van der Waals surface area contributed by atoms with Gasteiger partial charge in [-0.3, -0.25) is 4.79 Å². The average molecular weight is 231 g/mol. The Morgan fingerprint density at radius 2 is 1.73 bits per heavy atom. The molecular weight excluding hydrogens is 206 g/mol. The molecule has 0 radical (unpaired) electrons. The minimum absolute atomic E-state index is 0.330. The van der Waals surface area contributed by atoms with Crippen LogP contribution in [0.25, 0.3) is 0 Å². The number of carbonyl (C=O) groups is 1. The second kappa shape index (κ2) is 10.5. The first-order valence-corrected chi connectivity index (χ1v) is 7.19. The summed E-state index contributed by atoms with van der Waals surface area (Å²) in [5.41, 5.74) is 0. The highest BCUT2D eigenvalue weighted by molar-refractivity contribution is 8.13. The van der Waals surface area contributed by atoms with Crippen LogP contribution in [0.1, 0.15) is 52.4 Å². The van der Waals surface area contributed by atoms with Crippen LogP contribution in [0, 0.1) is 0 Å². The fourth-order valence-corrected chi connectivity index (χ4v) is 1.77. The lowest BCUT2D eigenvalue weighted by Crippen LogP contribution is -2.23. The molecule has 0 amide bonds. The van der Waals surface area contributed by atoms with Crippen molar-refractivity contribution in [2.24, 2.45) is 0 Å². The highest BCUT2D eigenvalue weighted by atomic mass is 32.2. The number of nitrogens with one attached hydrogen (secondary N) is 1. The molecule has 2 nitrogen and oxygen atoms in total. The molecule has 0 saturated heterocycles. The number of hydrogen-bond donors (Lipinski definition) is 1. The molecule has 0 heterocycles. The van der Waals surface area contributed by atoms with Crippen molar-refractivity contribution in [1.29, 1.82) is 0 Å². The number of hydrogen-bond acceptors (Lipinski definition) is 3. The zero-order valence-corrected chi connectivity index (χ0v) is 11.2. The zero-order valence-electron chi connectivity index (χ0n) is 10.3. The van der Waals surface area contributed by atoms with Crippen LogP contribution in [0.4, 0.5) is 0 Å². The summed E-state index contributed by atoms with van der Waals surface area (Å²) in [5, 5.41) is 3.74. The molecule has 90 valence electrons. The molecule has 0 aliphatic carbocycles. The summed E-state index contributed by atoms with van der Waals surface area (Å²) in [6, 6.07) is 0.601. The predicted molar refractivity (Wildman–Crippen MR) is 69.4 cm³/mol. The Labute approximate surface area is 98.6 Å². The molecule has 0 atom stereocenters. The Hall–Kier alpha value is -0.0200. The van der Waals surface area contributed by atoms with Crippen LogP contribution in [0.15, 0.2) is 0 Å². The van der Waals surface area contributed by atoms with Crippen molar-refractivity contribution >= 4 is 16.9 Å². The first-order valence-electron chi connectivity index (χ1n) is 5.97. The molecule has 3 heteroatoms. The first-order chi connectivity index (χ1) is 7.16. The van der Waals surface area contributed by atoms with Crippen molar-refractivity contribution in [3.8, 4) is 0 Å². The molecule has 1 N–H and O–H groups in total. The van der Waals surface area contributed by atoms with Crippen molar-refractivity contribution in [3.05, 3.63) is 0 Å². The Bertz CT molecular complexity index is 160. The van der Waals surface area contributed by atoms with Crippen LogP contribution in [0.2, 0.25) is 0 Å². The molecule has 0 bridgehead atoms. The monoisotopic (exact) mass is 231 g/mol. The maximum Gasteiger partial charge on any atom is 0.188 e. The van der Waals surface area contributed by atoms with E-state index in [1.54, 1.807) is 0 Å². The van der Waals surface area contributed by atoms with Gasteiger partial charge in [0.15, 0.2) is 5.12 Å². The Morgan fingerprint density at radius 3 is 2.33 bits per heavy atom. The van der Waals surface area contributed by atoms with Crippen molar-refractivity contribution in [2.45, 2.75) is 58.4 Å². The van der Waals surface area contributed by atoms with E-state index in [1.165, 1.54) is 37.4 Å². The SMILES string of the molecule is CSC(=O)CCCCCCCNC(C)C. The van der Waals surface area contributed by atoms with E-state index in [0.29, 0.717) is 11.2 Å². The normalized spacial score (nSPS) is 10.9. The van der Waals surface area contributed by atoms with Gasteiger partial charge < -0.3 is 5.32 Å². The van der Waals surface area contributed by atoms with E-state index in [1.807, 2.05) is 6.26 Å². The van der Waals surface area contributed by atoms with Gasteiger partial charge in [0.05, 0.1) is 0 Å². The van der Waals surface area contributed by atoms with Gasteiger partial charge in [-0.25, -0.2) is 0 Å². The van der Waals surface area contributed by atoms with Crippen LogP contribution in [0.5, 0.6) is 0 Å². The summed E-state index contributed by atoms with van der Waals surface area (Å²) in [6.45, 7) is 5.48. The summed E-state index contributed by atoms with van der Waals surface area (Å²) in [6.07, 6.45) is 8.69. The smallest absolute Gasteiger partial charge is 0.188 e. The second-order valence-corrected chi connectivity index (χ2v) is 5.07. The molecule has 0 rings (SSSR count). The molecule has 0 aromatic carbocycles. The van der Waals surface area contributed by atoms with Crippen LogP contribution >= 0.6 is 11.8 Å². The number of unbranched alkanes of at least 4 members (excludes halogenated alkanes) is 4. The number of thioether (sulfide) groups is 1. The van der Waals surface area contributed by atoms with Gasteiger partial charge in [-0.1, -0.05) is 44.9 Å². The van der Waals surface area contributed by atoms with Gasteiger partial charge in [-0.2, -0.15) is 0 Å². The van der Waals surface area contributed by atoms with Gasteiger partial charge in [0.25, 0.3) is 0 Å². The van der Waals surface area contributed by atoms with E-state index in [-0.39, 0.29) is 0 Å². The van der Waals surface area contributed by atoms with Crippen molar-refractivity contribution < 1.29 is 4.79 Å². The maximum atomic E-state index is 11.0. The third kappa shape index (κ3) is 11.9. The Balaban J connectivity index is 3.02. The van der Waals surface area contributed by atoms with E-state index in [4.69, 9.17) is 0 Å². The fourth-order valence-electron chi connectivity index (χ4n) is 1.42. The van der Waals surface area contributed by atoms with Gasteiger partial charge in [-0.05, 0) is 25.6 Å². The van der Waals surface area contributed by atoms with E-state index < -0.39 is 0 Å². The molecule has 0 aliphatic rings. The Morgan fingerprint density at radius 1 is 1.13 bits per heavy atom. The molecule has 0 saturated carbocycles. The first kappa shape index (κ1) is 15.0. The molecular formula is C12H25NOS. The average Bonchev–Trinajstić information content (AvgIpc) is 2.21. The highest BCUT2D eigenvalue weighted by Crippen LogP contribution is 2.09. The summed E-state index contributed by atoms with van der Waals surface area (Å²) >= 11 is 1.35. The van der Waals surface area contributed by atoms with Gasteiger partial charge in [0.1, 0.15) is 0 Å². The molecule has 0 aromatic heterocycles. The predicted octanol–water partition coefficient (Wildman–Crippen LogP) is 3.21. The summed E-state index contributed by atoms with van der Waals surface area (Å²) in [4.78, 5) is 11.0. The second-order valence-electron chi connectivity index (χ2n) is 4.20. The lowest BCUT2D eigenvalue weighted by Gasteiger charge is -2.07. The van der Waals surface area contributed by atoms with Gasteiger partial charge in [0.2, 0.25) is 0 Å². The van der Waals surface area contributed by atoms with Gasteiger partial charge in [0, 0.05) is 12.5 Å². The fraction of sp³-hybridized carbons (Fsp3) is 0.917. The maximum absolute atomic E-state index is 11.0. The summed E-state index contributed by atoms with van der Waals surface area (Å²) < 4.78 is 0. The quantitative estimate of drug-likeness (QED) is 0.618. The van der Waals surface area contributed by atoms with Crippen molar-refractivity contribution in [3.63, 3.8) is 0 Å². The van der Waals surface area contributed by atoms with Gasteiger partial charge in [-0.15, -0.1) is 0 Å². The molecule has 0 spiro atoms. The largest absolute Gasteiger partial charge is 0.315 e. The van der Waals surface area contributed by atoms with Crippen LogP contribution in [0.3, 0.4) is 0 Å². The van der Waals surface area contributed by atoms with E-state index in [2.05, 4.69) is 19.2 Å². The van der Waals surface area contributed by atoms with Crippen LogP contribution in [-0.2, 0) is 4.79 Å². The van der Waals surface area contributed by atoms with Gasteiger partial charge >= 0.3 is 0 Å². The van der Waals surface area contributed by atoms with Crippen LogP contribution < -0.4 is 5.32 Å². The summed E-state index contributed by atoms with van der Waals surface area (Å²) in [7, 11) is 0. The van der Waals surface area contributed by atoms with E-state index in [0.717, 1.165) is 19.4 Å². The molecule has 15 heavy (non-hydrogen) atoms. The third-order valence-corrected chi connectivity index (χ3v) is 3.00. The minimum atomic E-state index is 0.330. The Kier molecular flexibility index (Phi) is 10.5. The summed E-state index contributed by atoms with van der Waals surface area (Å²) in [5.74, 6) is 0. The molecule has 0 fully saturated rings. The van der Waals surface area contributed by atoms with Crippen LogP contribution in [-0.4, -0.2) is 24.0 Å². The zero-order chi connectivity index (χ0) is 11.5. The lowest BCUT2D eigenvalue weighted by molar-refractivity contribution is -0.111.